The van der Waals surface area contributed by atoms with Crippen LogP contribution in [0.3, 0.4) is 0 Å². The standard InChI is InChI=1S/C14H18O4/c15-14(16)8-12-6-7-13(18-12)10-17-9-11-4-2-1-3-5-11/h1-5,12-13H,6-10H2,(H,15,16). The largest absolute Gasteiger partial charge is 0.481 e. The molecule has 0 amide bonds. The molecule has 98 valence electrons. The molecule has 1 saturated heterocycles. The molecule has 4 heteroatoms. The second-order valence-electron chi connectivity index (χ2n) is 4.56. The number of carboxylic acids is 1. The molecule has 1 aromatic carbocycles. The molecule has 1 fully saturated rings. The number of carbonyl (C=O) groups is 1. The van der Waals surface area contributed by atoms with E-state index in [1.165, 1.54) is 0 Å². The van der Waals surface area contributed by atoms with Gasteiger partial charge < -0.3 is 14.6 Å². The Labute approximate surface area is 107 Å². The van der Waals surface area contributed by atoms with Gasteiger partial charge in [-0.25, -0.2) is 0 Å². The molecule has 0 aromatic heterocycles. The van der Waals surface area contributed by atoms with Gasteiger partial charge in [-0.15, -0.1) is 0 Å². The maximum absolute atomic E-state index is 10.5. The van der Waals surface area contributed by atoms with Gasteiger partial charge in [-0.1, -0.05) is 30.3 Å². The second-order valence-corrected chi connectivity index (χ2v) is 4.56. The Kier molecular flexibility index (Phi) is 4.73. The summed E-state index contributed by atoms with van der Waals surface area (Å²) in [6.07, 6.45) is 1.68. The third-order valence-electron chi connectivity index (χ3n) is 3.01. The predicted molar refractivity (Wildman–Crippen MR) is 66.2 cm³/mol. The van der Waals surface area contributed by atoms with Crippen molar-refractivity contribution in [2.75, 3.05) is 6.61 Å². The van der Waals surface area contributed by atoms with E-state index in [0.29, 0.717) is 13.2 Å². The van der Waals surface area contributed by atoms with Gasteiger partial charge in [0.15, 0.2) is 0 Å². The lowest BCUT2D eigenvalue weighted by molar-refractivity contribution is -0.140. The van der Waals surface area contributed by atoms with E-state index in [-0.39, 0.29) is 18.6 Å². The number of hydrogen-bond acceptors (Lipinski definition) is 3. The van der Waals surface area contributed by atoms with Crippen molar-refractivity contribution in [3.05, 3.63) is 35.9 Å². The average Bonchev–Trinajstić information content (AvgIpc) is 2.77. The van der Waals surface area contributed by atoms with Gasteiger partial charge in [-0.2, -0.15) is 0 Å². The normalized spacial score (nSPS) is 23.1. The Bertz CT molecular complexity index is 377. The molecule has 2 rings (SSSR count). The number of ether oxygens (including phenoxy) is 2. The first-order valence-corrected chi connectivity index (χ1v) is 6.23. The number of rotatable bonds is 6. The van der Waals surface area contributed by atoms with Gasteiger partial charge in [-0.3, -0.25) is 4.79 Å². The Morgan fingerprint density at radius 3 is 2.72 bits per heavy atom. The van der Waals surface area contributed by atoms with Crippen molar-refractivity contribution in [3.8, 4) is 0 Å². The van der Waals surface area contributed by atoms with E-state index in [2.05, 4.69) is 0 Å². The van der Waals surface area contributed by atoms with Gasteiger partial charge in [0.25, 0.3) is 0 Å². The van der Waals surface area contributed by atoms with Crippen LogP contribution < -0.4 is 0 Å². The Morgan fingerprint density at radius 1 is 1.28 bits per heavy atom. The molecule has 0 bridgehead atoms. The number of carboxylic acid groups (broad SMARTS) is 1. The number of benzene rings is 1. The minimum Gasteiger partial charge on any atom is -0.481 e. The van der Waals surface area contributed by atoms with Crippen molar-refractivity contribution in [3.63, 3.8) is 0 Å². The van der Waals surface area contributed by atoms with Crippen molar-refractivity contribution >= 4 is 5.97 Å². The van der Waals surface area contributed by atoms with Gasteiger partial charge in [0, 0.05) is 0 Å². The van der Waals surface area contributed by atoms with Crippen LogP contribution in [0.15, 0.2) is 30.3 Å². The SMILES string of the molecule is O=C(O)CC1CCC(COCc2ccccc2)O1. The third kappa shape index (κ3) is 4.13. The van der Waals surface area contributed by atoms with Crippen LogP contribution in [0, 0.1) is 0 Å². The molecular formula is C14H18O4. The molecule has 1 aliphatic rings. The van der Waals surface area contributed by atoms with Crippen molar-refractivity contribution in [2.24, 2.45) is 0 Å². The minimum atomic E-state index is -0.800. The van der Waals surface area contributed by atoms with E-state index in [1.54, 1.807) is 0 Å². The fourth-order valence-electron chi connectivity index (χ4n) is 2.13. The number of aliphatic carboxylic acids is 1. The van der Waals surface area contributed by atoms with Crippen LogP contribution in [-0.2, 0) is 20.9 Å². The van der Waals surface area contributed by atoms with Crippen LogP contribution in [-0.4, -0.2) is 29.9 Å². The molecule has 4 nitrogen and oxygen atoms in total. The van der Waals surface area contributed by atoms with Gasteiger partial charge in [0.2, 0.25) is 0 Å². The van der Waals surface area contributed by atoms with Crippen LogP contribution >= 0.6 is 0 Å². The molecule has 0 saturated carbocycles. The van der Waals surface area contributed by atoms with Gasteiger partial charge in [0.05, 0.1) is 31.8 Å². The molecule has 1 aliphatic heterocycles. The Morgan fingerprint density at radius 2 is 2.00 bits per heavy atom. The summed E-state index contributed by atoms with van der Waals surface area (Å²) in [6, 6.07) is 9.97. The van der Waals surface area contributed by atoms with Gasteiger partial charge >= 0.3 is 5.97 Å². The molecule has 0 radical (unpaired) electrons. The Hall–Kier alpha value is -1.39. The minimum absolute atomic E-state index is 0.0399. The second kappa shape index (κ2) is 6.52. The first kappa shape index (κ1) is 13.1. The summed E-state index contributed by atoms with van der Waals surface area (Å²) >= 11 is 0. The van der Waals surface area contributed by atoms with Crippen molar-refractivity contribution in [1.29, 1.82) is 0 Å². The van der Waals surface area contributed by atoms with E-state index in [0.717, 1.165) is 18.4 Å². The lowest BCUT2D eigenvalue weighted by Gasteiger charge is -2.12. The zero-order valence-electron chi connectivity index (χ0n) is 10.2. The van der Waals surface area contributed by atoms with E-state index in [4.69, 9.17) is 14.6 Å². The zero-order valence-corrected chi connectivity index (χ0v) is 10.2. The number of hydrogen-bond donors (Lipinski definition) is 1. The molecule has 1 aromatic rings. The van der Waals surface area contributed by atoms with Gasteiger partial charge in [-0.05, 0) is 18.4 Å². The van der Waals surface area contributed by atoms with Crippen LogP contribution in [0.25, 0.3) is 0 Å². The van der Waals surface area contributed by atoms with E-state index in [1.807, 2.05) is 30.3 Å². The highest BCUT2D eigenvalue weighted by atomic mass is 16.5. The molecule has 0 aliphatic carbocycles. The van der Waals surface area contributed by atoms with Crippen LogP contribution in [0.4, 0.5) is 0 Å². The zero-order chi connectivity index (χ0) is 12.8. The summed E-state index contributed by atoms with van der Waals surface area (Å²) < 4.78 is 11.2. The Balaban J connectivity index is 1.65. The van der Waals surface area contributed by atoms with Crippen LogP contribution in [0.5, 0.6) is 0 Å². The van der Waals surface area contributed by atoms with Crippen molar-refractivity contribution in [1.82, 2.24) is 0 Å². The quantitative estimate of drug-likeness (QED) is 0.841. The molecular weight excluding hydrogens is 232 g/mol. The lowest BCUT2D eigenvalue weighted by Crippen LogP contribution is -2.18. The first-order chi connectivity index (χ1) is 8.74. The first-order valence-electron chi connectivity index (χ1n) is 6.23. The molecule has 2 atom stereocenters. The molecule has 0 spiro atoms. The summed E-state index contributed by atoms with van der Waals surface area (Å²) in [6.45, 7) is 1.11. The summed E-state index contributed by atoms with van der Waals surface area (Å²) in [5, 5.41) is 8.67. The molecule has 18 heavy (non-hydrogen) atoms. The molecule has 1 N–H and O–H groups in total. The molecule has 2 unspecified atom stereocenters. The maximum Gasteiger partial charge on any atom is 0.305 e. The fraction of sp³-hybridized carbons (Fsp3) is 0.500. The lowest BCUT2D eigenvalue weighted by atomic mass is 10.1. The highest BCUT2D eigenvalue weighted by molar-refractivity contribution is 5.67. The predicted octanol–water partition coefficient (Wildman–Crippen LogP) is 2.23. The van der Waals surface area contributed by atoms with Crippen LogP contribution in [0.2, 0.25) is 0 Å². The van der Waals surface area contributed by atoms with E-state index >= 15 is 0 Å². The smallest absolute Gasteiger partial charge is 0.305 e. The third-order valence-corrected chi connectivity index (χ3v) is 3.01. The molecule has 1 heterocycles. The van der Waals surface area contributed by atoms with Crippen LogP contribution in [0.1, 0.15) is 24.8 Å². The van der Waals surface area contributed by atoms with E-state index < -0.39 is 5.97 Å². The summed E-state index contributed by atoms with van der Waals surface area (Å²) in [7, 11) is 0. The van der Waals surface area contributed by atoms with E-state index in [9.17, 15) is 4.79 Å². The summed E-state index contributed by atoms with van der Waals surface area (Å²) in [5.41, 5.74) is 1.14. The van der Waals surface area contributed by atoms with Gasteiger partial charge in [0.1, 0.15) is 0 Å². The summed E-state index contributed by atoms with van der Waals surface area (Å²) in [5.74, 6) is -0.800. The summed E-state index contributed by atoms with van der Waals surface area (Å²) in [4.78, 5) is 10.5. The maximum atomic E-state index is 10.5. The topological polar surface area (TPSA) is 55.8 Å². The van der Waals surface area contributed by atoms with Crippen molar-refractivity contribution in [2.45, 2.75) is 38.1 Å². The van der Waals surface area contributed by atoms with Crippen molar-refractivity contribution < 1.29 is 19.4 Å². The average molecular weight is 250 g/mol. The fourth-order valence-corrected chi connectivity index (χ4v) is 2.13. The highest BCUT2D eigenvalue weighted by Crippen LogP contribution is 2.22. The highest BCUT2D eigenvalue weighted by Gasteiger charge is 2.26. The monoisotopic (exact) mass is 250 g/mol.